The number of anilines is 1. The summed E-state index contributed by atoms with van der Waals surface area (Å²) in [6, 6.07) is 15.0. The van der Waals surface area contributed by atoms with Gasteiger partial charge in [-0.05, 0) is 36.6 Å². The van der Waals surface area contributed by atoms with Gasteiger partial charge in [0.2, 0.25) is 5.91 Å². The number of amides is 1. The monoisotopic (exact) mass is 308 g/mol. The van der Waals surface area contributed by atoms with Crippen molar-refractivity contribution in [3.63, 3.8) is 0 Å². The standard InChI is InChI=1S/C18H16N2O3/c21-16(18(9-4-10-18)12-5-2-1-3-6-12)19-13-7-8-15-14(11-13)20-17(22)23-15/h1-3,5-8,11H,4,9-10H2,(H,19,21)(H,20,22). The first-order chi connectivity index (χ1) is 11.2. The predicted octanol–water partition coefficient (Wildman–Crippen LogP) is 3.18. The number of rotatable bonds is 3. The number of carbonyl (C=O) groups excluding carboxylic acids is 1. The first-order valence-corrected chi connectivity index (χ1v) is 7.67. The van der Waals surface area contributed by atoms with Gasteiger partial charge in [0.25, 0.3) is 0 Å². The lowest BCUT2D eigenvalue weighted by molar-refractivity contribution is -0.124. The molecule has 1 heterocycles. The second-order valence-corrected chi connectivity index (χ2v) is 5.98. The molecule has 1 amide bonds. The van der Waals surface area contributed by atoms with Gasteiger partial charge in [-0.15, -0.1) is 0 Å². The summed E-state index contributed by atoms with van der Waals surface area (Å²) in [7, 11) is 0. The topological polar surface area (TPSA) is 75.1 Å². The van der Waals surface area contributed by atoms with Crippen LogP contribution in [0.15, 0.2) is 57.7 Å². The van der Waals surface area contributed by atoms with Crippen molar-refractivity contribution in [1.82, 2.24) is 4.98 Å². The molecule has 1 aromatic heterocycles. The molecule has 5 heteroatoms. The van der Waals surface area contributed by atoms with Crippen molar-refractivity contribution >= 4 is 22.7 Å². The zero-order valence-electron chi connectivity index (χ0n) is 12.5. The minimum Gasteiger partial charge on any atom is -0.408 e. The molecular weight excluding hydrogens is 292 g/mol. The molecule has 1 fully saturated rings. The molecule has 0 saturated heterocycles. The van der Waals surface area contributed by atoms with E-state index >= 15 is 0 Å². The van der Waals surface area contributed by atoms with E-state index in [1.807, 2.05) is 30.3 Å². The van der Waals surface area contributed by atoms with Crippen LogP contribution in [0.1, 0.15) is 24.8 Å². The average Bonchev–Trinajstić information content (AvgIpc) is 2.86. The first-order valence-electron chi connectivity index (χ1n) is 7.67. The minimum atomic E-state index is -0.497. The summed E-state index contributed by atoms with van der Waals surface area (Å²) in [6.07, 6.45) is 2.76. The number of carbonyl (C=O) groups is 1. The van der Waals surface area contributed by atoms with Crippen LogP contribution >= 0.6 is 0 Å². The highest BCUT2D eigenvalue weighted by Gasteiger charge is 2.45. The van der Waals surface area contributed by atoms with Gasteiger partial charge in [-0.1, -0.05) is 36.8 Å². The van der Waals surface area contributed by atoms with E-state index in [2.05, 4.69) is 10.3 Å². The lowest BCUT2D eigenvalue weighted by atomic mass is 9.64. The van der Waals surface area contributed by atoms with Crippen LogP contribution < -0.4 is 11.1 Å². The Morgan fingerprint density at radius 1 is 1.13 bits per heavy atom. The molecule has 0 bridgehead atoms. The largest absolute Gasteiger partial charge is 0.417 e. The fourth-order valence-electron chi connectivity index (χ4n) is 3.21. The highest BCUT2D eigenvalue weighted by molar-refractivity contribution is 6.00. The summed E-state index contributed by atoms with van der Waals surface area (Å²) in [5.74, 6) is -0.497. The Labute approximate surface area is 132 Å². The third kappa shape index (κ3) is 2.25. The van der Waals surface area contributed by atoms with Crippen molar-refractivity contribution in [2.45, 2.75) is 24.7 Å². The molecule has 116 valence electrons. The fraction of sp³-hybridized carbons (Fsp3) is 0.222. The SMILES string of the molecule is O=C(Nc1ccc2oc(=O)[nH]c2c1)C1(c2ccccc2)CCC1. The van der Waals surface area contributed by atoms with E-state index in [9.17, 15) is 9.59 Å². The lowest BCUT2D eigenvalue weighted by Crippen LogP contribution is -2.45. The van der Waals surface area contributed by atoms with E-state index in [1.54, 1.807) is 18.2 Å². The molecule has 2 aromatic carbocycles. The van der Waals surface area contributed by atoms with Crippen molar-refractivity contribution < 1.29 is 9.21 Å². The highest BCUT2D eigenvalue weighted by Crippen LogP contribution is 2.44. The van der Waals surface area contributed by atoms with Crippen LogP contribution in [0.3, 0.4) is 0 Å². The average molecular weight is 308 g/mol. The van der Waals surface area contributed by atoms with Gasteiger partial charge in [-0.25, -0.2) is 4.79 Å². The number of hydrogen-bond donors (Lipinski definition) is 2. The van der Waals surface area contributed by atoms with Gasteiger partial charge in [0, 0.05) is 5.69 Å². The molecule has 1 aliphatic carbocycles. The van der Waals surface area contributed by atoms with Crippen LogP contribution in [0.2, 0.25) is 0 Å². The third-order valence-electron chi connectivity index (χ3n) is 4.64. The van der Waals surface area contributed by atoms with E-state index < -0.39 is 11.2 Å². The zero-order valence-corrected chi connectivity index (χ0v) is 12.5. The number of fused-ring (bicyclic) bond motifs is 1. The fourth-order valence-corrected chi connectivity index (χ4v) is 3.21. The third-order valence-corrected chi connectivity index (χ3v) is 4.64. The normalized spacial score (nSPS) is 16.0. The van der Waals surface area contributed by atoms with Crippen LogP contribution in [0.5, 0.6) is 0 Å². The number of nitrogens with one attached hydrogen (secondary N) is 2. The molecule has 2 N–H and O–H groups in total. The zero-order chi connectivity index (χ0) is 15.9. The Hall–Kier alpha value is -2.82. The number of oxazole rings is 1. The maximum absolute atomic E-state index is 12.9. The van der Waals surface area contributed by atoms with Crippen LogP contribution in [0.4, 0.5) is 5.69 Å². The number of H-pyrrole nitrogens is 1. The number of benzene rings is 2. The molecule has 0 aliphatic heterocycles. The molecule has 3 aromatic rings. The van der Waals surface area contributed by atoms with E-state index in [1.165, 1.54) is 0 Å². The summed E-state index contributed by atoms with van der Waals surface area (Å²) in [4.78, 5) is 26.7. The number of aromatic amines is 1. The summed E-state index contributed by atoms with van der Waals surface area (Å²) < 4.78 is 4.97. The quantitative estimate of drug-likeness (QED) is 0.780. The second-order valence-electron chi connectivity index (χ2n) is 5.98. The molecule has 1 saturated carbocycles. The van der Waals surface area contributed by atoms with Crippen LogP contribution in [-0.4, -0.2) is 10.9 Å². The molecule has 5 nitrogen and oxygen atoms in total. The molecule has 23 heavy (non-hydrogen) atoms. The molecule has 0 radical (unpaired) electrons. The van der Waals surface area contributed by atoms with Gasteiger partial charge >= 0.3 is 5.76 Å². The molecule has 4 rings (SSSR count). The maximum Gasteiger partial charge on any atom is 0.417 e. The summed E-state index contributed by atoms with van der Waals surface area (Å²) in [6.45, 7) is 0. The van der Waals surface area contributed by atoms with Crippen molar-refractivity contribution in [2.75, 3.05) is 5.32 Å². The van der Waals surface area contributed by atoms with Gasteiger partial charge in [0.05, 0.1) is 10.9 Å². The van der Waals surface area contributed by atoms with Crippen LogP contribution in [0, 0.1) is 0 Å². The Balaban J connectivity index is 1.64. The van der Waals surface area contributed by atoms with Crippen molar-refractivity contribution in [2.24, 2.45) is 0 Å². The summed E-state index contributed by atoms with van der Waals surface area (Å²) in [5.41, 5.74) is 2.33. The second kappa shape index (κ2) is 5.12. The van der Waals surface area contributed by atoms with Crippen molar-refractivity contribution in [3.8, 4) is 0 Å². The first kappa shape index (κ1) is 13.8. The lowest BCUT2D eigenvalue weighted by Gasteiger charge is -2.40. The summed E-state index contributed by atoms with van der Waals surface area (Å²) in [5, 5.41) is 2.98. The van der Waals surface area contributed by atoms with Crippen LogP contribution in [0.25, 0.3) is 11.1 Å². The minimum absolute atomic E-state index is 0.000131. The van der Waals surface area contributed by atoms with E-state index in [4.69, 9.17) is 4.42 Å². The Kier molecular flexibility index (Phi) is 3.08. The van der Waals surface area contributed by atoms with E-state index in [0.717, 1.165) is 24.8 Å². The molecule has 0 spiro atoms. The smallest absolute Gasteiger partial charge is 0.408 e. The summed E-state index contributed by atoms with van der Waals surface area (Å²) >= 11 is 0. The maximum atomic E-state index is 12.9. The van der Waals surface area contributed by atoms with Gasteiger partial charge in [0.15, 0.2) is 5.58 Å². The Bertz CT molecular complexity index is 920. The number of hydrogen-bond acceptors (Lipinski definition) is 3. The molecular formula is C18H16N2O3. The number of aromatic nitrogens is 1. The van der Waals surface area contributed by atoms with Crippen LogP contribution in [-0.2, 0) is 10.2 Å². The molecule has 1 aliphatic rings. The Morgan fingerprint density at radius 2 is 1.91 bits per heavy atom. The molecule has 0 atom stereocenters. The van der Waals surface area contributed by atoms with Crippen molar-refractivity contribution in [1.29, 1.82) is 0 Å². The van der Waals surface area contributed by atoms with E-state index in [0.29, 0.717) is 16.8 Å². The van der Waals surface area contributed by atoms with Crippen molar-refractivity contribution in [3.05, 3.63) is 64.6 Å². The van der Waals surface area contributed by atoms with Gasteiger partial charge in [-0.3, -0.25) is 9.78 Å². The predicted molar refractivity (Wildman–Crippen MR) is 87.4 cm³/mol. The Morgan fingerprint density at radius 3 is 2.61 bits per heavy atom. The van der Waals surface area contributed by atoms with Gasteiger partial charge in [-0.2, -0.15) is 0 Å². The van der Waals surface area contributed by atoms with Gasteiger partial charge < -0.3 is 9.73 Å². The van der Waals surface area contributed by atoms with E-state index in [-0.39, 0.29) is 5.91 Å². The highest BCUT2D eigenvalue weighted by atomic mass is 16.4. The van der Waals surface area contributed by atoms with Gasteiger partial charge in [0.1, 0.15) is 0 Å². The molecule has 0 unspecified atom stereocenters.